The van der Waals surface area contributed by atoms with Gasteiger partial charge in [-0.3, -0.25) is 4.79 Å². The van der Waals surface area contributed by atoms with Crippen LogP contribution in [0, 0.1) is 3.95 Å². The third kappa shape index (κ3) is 5.00. The molecule has 4 nitrogen and oxygen atoms in total. The number of rotatable bonds is 5. The summed E-state index contributed by atoms with van der Waals surface area (Å²) in [6, 6.07) is 12.1. The van der Waals surface area contributed by atoms with Crippen molar-refractivity contribution in [1.29, 1.82) is 0 Å². The van der Waals surface area contributed by atoms with Crippen LogP contribution in [-0.2, 0) is 4.79 Å². The van der Waals surface area contributed by atoms with Crippen molar-refractivity contribution in [2.24, 2.45) is 0 Å². The van der Waals surface area contributed by atoms with Gasteiger partial charge in [-0.15, -0.1) is 5.10 Å². The number of halogens is 3. The van der Waals surface area contributed by atoms with Crippen LogP contribution in [0.1, 0.15) is 0 Å². The predicted octanol–water partition coefficient (Wildman–Crippen LogP) is 6.35. The molecule has 0 fully saturated rings. The number of thioether (sulfide) groups is 1. The quantitative estimate of drug-likeness (QED) is 0.354. The Kier molecular flexibility index (Phi) is 6.60. The highest BCUT2D eigenvalue weighted by Gasteiger charge is 2.11. The van der Waals surface area contributed by atoms with Crippen LogP contribution in [0.25, 0.3) is 5.69 Å². The number of carbonyl (C=O) groups excluding carboxylic acids is 1. The number of benzene rings is 2. The fourth-order valence-electron chi connectivity index (χ4n) is 1.97. The molecule has 0 saturated heterocycles. The molecule has 0 unspecified atom stereocenters. The monoisotopic (exact) mass is 461 g/mol. The maximum atomic E-state index is 12.1. The Balaban J connectivity index is 1.64. The van der Waals surface area contributed by atoms with E-state index in [0.29, 0.717) is 29.0 Å². The Morgan fingerprint density at radius 3 is 2.54 bits per heavy atom. The second kappa shape index (κ2) is 8.73. The van der Waals surface area contributed by atoms with Gasteiger partial charge < -0.3 is 5.32 Å². The zero-order valence-electron chi connectivity index (χ0n) is 12.9. The smallest absolute Gasteiger partial charge is 0.234 e. The van der Waals surface area contributed by atoms with Gasteiger partial charge in [-0.25, -0.2) is 4.68 Å². The van der Waals surface area contributed by atoms with E-state index in [1.54, 1.807) is 35.0 Å². The van der Waals surface area contributed by atoms with Gasteiger partial charge in [-0.2, -0.15) is 0 Å². The van der Waals surface area contributed by atoms with Crippen LogP contribution in [0.3, 0.4) is 0 Å². The van der Waals surface area contributed by atoms with Gasteiger partial charge >= 0.3 is 0 Å². The molecule has 2 aromatic carbocycles. The molecule has 1 amide bonds. The highest BCUT2D eigenvalue weighted by atomic mass is 35.5. The van der Waals surface area contributed by atoms with Crippen LogP contribution in [0.5, 0.6) is 0 Å². The fourth-order valence-corrected chi connectivity index (χ4v) is 4.71. The van der Waals surface area contributed by atoms with E-state index in [1.807, 2.05) is 12.1 Å². The zero-order valence-corrected chi connectivity index (χ0v) is 17.6. The van der Waals surface area contributed by atoms with Crippen LogP contribution in [-0.4, -0.2) is 21.4 Å². The molecule has 134 valence electrons. The van der Waals surface area contributed by atoms with Gasteiger partial charge in [0.2, 0.25) is 5.91 Å². The molecule has 26 heavy (non-hydrogen) atoms. The van der Waals surface area contributed by atoms with Gasteiger partial charge in [0.15, 0.2) is 8.29 Å². The standard InChI is InChI=1S/C16H10Cl3N3OS3/c17-9-1-4-11(5-2-9)22-16(24)26-15(21-22)25-8-14(23)20-13-6-3-10(18)7-12(13)19/h1-7H,8H2,(H,20,23). The summed E-state index contributed by atoms with van der Waals surface area (Å²) in [6.07, 6.45) is 0. The van der Waals surface area contributed by atoms with Crippen molar-refractivity contribution in [1.82, 2.24) is 9.78 Å². The van der Waals surface area contributed by atoms with Crippen molar-refractivity contribution in [3.05, 3.63) is 61.5 Å². The third-order valence-corrected chi connectivity index (χ3v) is 6.30. The van der Waals surface area contributed by atoms with E-state index in [1.165, 1.54) is 23.1 Å². The first-order valence-corrected chi connectivity index (χ1v) is 10.5. The van der Waals surface area contributed by atoms with Gasteiger partial charge in [0.1, 0.15) is 0 Å². The van der Waals surface area contributed by atoms with E-state index in [9.17, 15) is 4.79 Å². The number of nitrogens with one attached hydrogen (secondary N) is 1. The summed E-state index contributed by atoms with van der Waals surface area (Å²) in [7, 11) is 0. The van der Waals surface area contributed by atoms with E-state index >= 15 is 0 Å². The SMILES string of the molecule is O=C(CSc1nn(-c2ccc(Cl)cc2)c(=S)s1)Nc1ccc(Cl)cc1Cl. The summed E-state index contributed by atoms with van der Waals surface area (Å²) in [5, 5.41) is 8.73. The first-order chi connectivity index (χ1) is 12.4. The summed E-state index contributed by atoms with van der Waals surface area (Å²) in [5.74, 6) is -0.0135. The lowest BCUT2D eigenvalue weighted by atomic mass is 10.3. The molecule has 3 rings (SSSR count). The Hall–Kier alpha value is -1.09. The molecule has 0 atom stereocenters. The normalized spacial score (nSPS) is 10.7. The Labute approximate surface area is 178 Å². The molecular formula is C16H10Cl3N3OS3. The van der Waals surface area contributed by atoms with Crippen molar-refractivity contribution in [2.75, 3.05) is 11.1 Å². The van der Waals surface area contributed by atoms with E-state index in [0.717, 1.165) is 5.69 Å². The van der Waals surface area contributed by atoms with Crippen molar-refractivity contribution in [2.45, 2.75) is 4.34 Å². The highest BCUT2D eigenvalue weighted by Crippen LogP contribution is 2.27. The number of hydrogen-bond acceptors (Lipinski definition) is 5. The Morgan fingerprint density at radius 1 is 1.15 bits per heavy atom. The average molecular weight is 463 g/mol. The molecule has 1 N–H and O–H groups in total. The molecule has 0 saturated carbocycles. The minimum absolute atomic E-state index is 0.182. The third-order valence-electron chi connectivity index (χ3n) is 3.13. The summed E-state index contributed by atoms with van der Waals surface area (Å²) in [6.45, 7) is 0. The number of hydrogen-bond donors (Lipinski definition) is 1. The summed E-state index contributed by atoms with van der Waals surface area (Å²) in [4.78, 5) is 12.1. The molecule has 0 spiro atoms. The minimum Gasteiger partial charge on any atom is -0.324 e. The molecule has 10 heteroatoms. The average Bonchev–Trinajstić information content (AvgIpc) is 2.97. The van der Waals surface area contributed by atoms with E-state index < -0.39 is 0 Å². The molecule has 1 heterocycles. The second-order valence-corrected chi connectivity index (χ2v) is 9.11. The maximum absolute atomic E-state index is 12.1. The number of carbonyl (C=O) groups is 1. The number of aromatic nitrogens is 2. The maximum Gasteiger partial charge on any atom is 0.234 e. The van der Waals surface area contributed by atoms with Crippen molar-refractivity contribution in [3.8, 4) is 5.69 Å². The van der Waals surface area contributed by atoms with Crippen molar-refractivity contribution in [3.63, 3.8) is 0 Å². The first-order valence-electron chi connectivity index (χ1n) is 7.16. The molecule has 3 aromatic rings. The molecule has 0 bridgehead atoms. The van der Waals surface area contributed by atoms with Crippen molar-refractivity contribution >= 4 is 81.7 Å². The highest BCUT2D eigenvalue weighted by molar-refractivity contribution is 8.01. The van der Waals surface area contributed by atoms with E-state index in [4.69, 9.17) is 47.0 Å². The summed E-state index contributed by atoms with van der Waals surface area (Å²) in [5.41, 5.74) is 1.33. The van der Waals surface area contributed by atoms with Gasteiger partial charge in [0.25, 0.3) is 0 Å². The lowest BCUT2D eigenvalue weighted by molar-refractivity contribution is -0.113. The molecule has 0 radical (unpaired) electrons. The van der Waals surface area contributed by atoms with Crippen LogP contribution in [0.2, 0.25) is 15.1 Å². The van der Waals surface area contributed by atoms with Crippen LogP contribution in [0.15, 0.2) is 46.8 Å². The van der Waals surface area contributed by atoms with Crippen LogP contribution < -0.4 is 5.32 Å². The van der Waals surface area contributed by atoms with Gasteiger partial charge in [0.05, 0.1) is 22.2 Å². The molecular weight excluding hydrogens is 453 g/mol. The molecule has 0 aliphatic carbocycles. The lowest BCUT2D eigenvalue weighted by Gasteiger charge is -2.06. The minimum atomic E-state index is -0.196. The van der Waals surface area contributed by atoms with Gasteiger partial charge in [0, 0.05) is 10.0 Å². The summed E-state index contributed by atoms with van der Waals surface area (Å²) >= 11 is 25.8. The van der Waals surface area contributed by atoms with E-state index in [-0.39, 0.29) is 11.7 Å². The predicted molar refractivity (Wildman–Crippen MR) is 113 cm³/mol. The van der Waals surface area contributed by atoms with Gasteiger partial charge in [-0.1, -0.05) is 57.9 Å². The number of amides is 1. The molecule has 0 aliphatic rings. The lowest BCUT2D eigenvalue weighted by Crippen LogP contribution is -2.14. The molecule has 0 aliphatic heterocycles. The van der Waals surface area contributed by atoms with E-state index in [2.05, 4.69) is 10.4 Å². The second-order valence-electron chi connectivity index (χ2n) is 4.98. The number of anilines is 1. The Morgan fingerprint density at radius 2 is 1.85 bits per heavy atom. The topological polar surface area (TPSA) is 46.9 Å². The first kappa shape index (κ1) is 19.7. The summed E-state index contributed by atoms with van der Waals surface area (Å²) < 4.78 is 2.94. The zero-order chi connectivity index (χ0) is 18.7. The van der Waals surface area contributed by atoms with Gasteiger partial charge in [-0.05, 0) is 54.7 Å². The number of nitrogens with zero attached hydrogens (tertiary/aromatic N) is 2. The Bertz CT molecular complexity index is 1000. The largest absolute Gasteiger partial charge is 0.324 e. The molecule has 1 aromatic heterocycles. The van der Waals surface area contributed by atoms with Crippen LogP contribution in [0.4, 0.5) is 5.69 Å². The van der Waals surface area contributed by atoms with Crippen LogP contribution >= 0.6 is 70.1 Å². The fraction of sp³-hybridized carbons (Fsp3) is 0.0625. The van der Waals surface area contributed by atoms with Crippen molar-refractivity contribution < 1.29 is 4.79 Å².